The second-order valence-electron chi connectivity index (χ2n) is 8.27. The predicted molar refractivity (Wildman–Crippen MR) is 122 cm³/mol. The largest absolute Gasteiger partial charge is 0.356 e. The van der Waals surface area contributed by atoms with Gasteiger partial charge in [-0.3, -0.25) is 4.99 Å². The van der Waals surface area contributed by atoms with Gasteiger partial charge in [-0.2, -0.15) is 0 Å². The first kappa shape index (κ1) is 21.8. The van der Waals surface area contributed by atoms with Crippen LogP contribution in [-0.2, 0) is 6.54 Å². The molecule has 162 valence electrons. The monoisotopic (exact) mass is 401 g/mol. The van der Waals surface area contributed by atoms with Crippen molar-refractivity contribution in [2.24, 2.45) is 4.99 Å². The second kappa shape index (κ2) is 12.0. The van der Waals surface area contributed by atoms with E-state index in [0.29, 0.717) is 0 Å². The lowest BCUT2D eigenvalue weighted by Crippen LogP contribution is -2.44. The molecule has 2 aliphatic rings. The van der Waals surface area contributed by atoms with Crippen molar-refractivity contribution in [3.63, 3.8) is 0 Å². The van der Waals surface area contributed by atoms with Crippen LogP contribution in [0.2, 0.25) is 0 Å². The van der Waals surface area contributed by atoms with Gasteiger partial charge in [0.1, 0.15) is 5.82 Å². The maximum Gasteiger partial charge on any atom is 0.191 e. The molecule has 1 aromatic rings. The van der Waals surface area contributed by atoms with E-state index in [1.165, 1.54) is 50.9 Å². The van der Waals surface area contributed by atoms with Crippen molar-refractivity contribution in [1.82, 2.24) is 25.4 Å². The number of hydrogen-bond donors (Lipinski definition) is 2. The van der Waals surface area contributed by atoms with E-state index in [4.69, 9.17) is 0 Å². The van der Waals surface area contributed by atoms with Crippen LogP contribution in [0.5, 0.6) is 0 Å². The number of likely N-dealkylation sites (N-methyl/N-ethyl adjacent to an activating group) is 1. The fraction of sp³-hybridized carbons (Fsp3) is 0.727. The van der Waals surface area contributed by atoms with Crippen LogP contribution in [-0.4, -0.2) is 87.2 Å². The molecule has 1 aromatic heterocycles. The van der Waals surface area contributed by atoms with Gasteiger partial charge in [0.05, 0.1) is 0 Å². The summed E-state index contributed by atoms with van der Waals surface area (Å²) in [5, 5.41) is 6.90. The molecule has 3 heterocycles. The van der Waals surface area contributed by atoms with E-state index in [1.54, 1.807) is 0 Å². The predicted octanol–water partition coefficient (Wildman–Crippen LogP) is 1.76. The van der Waals surface area contributed by atoms with Gasteiger partial charge in [-0.25, -0.2) is 4.98 Å². The van der Waals surface area contributed by atoms with Crippen LogP contribution in [0.1, 0.15) is 37.7 Å². The number of piperazine rings is 1. The van der Waals surface area contributed by atoms with Gasteiger partial charge >= 0.3 is 0 Å². The number of guanidine groups is 1. The highest BCUT2D eigenvalue weighted by molar-refractivity contribution is 5.79. The van der Waals surface area contributed by atoms with Crippen LogP contribution in [0.25, 0.3) is 0 Å². The zero-order valence-electron chi connectivity index (χ0n) is 18.4. The molecule has 0 bridgehead atoms. The topological polar surface area (TPSA) is 59.0 Å². The Hall–Kier alpha value is -1.86. The highest BCUT2D eigenvalue weighted by atomic mass is 15.3. The quantitative estimate of drug-likeness (QED) is 0.413. The Bertz CT molecular complexity index is 617. The van der Waals surface area contributed by atoms with Crippen LogP contribution in [0.3, 0.4) is 0 Å². The highest BCUT2D eigenvalue weighted by Gasteiger charge is 2.15. The van der Waals surface area contributed by atoms with Crippen molar-refractivity contribution >= 4 is 11.8 Å². The summed E-state index contributed by atoms with van der Waals surface area (Å²) in [5.74, 6) is 1.96. The van der Waals surface area contributed by atoms with Gasteiger partial charge < -0.3 is 25.3 Å². The van der Waals surface area contributed by atoms with Crippen LogP contribution in [0.4, 0.5) is 5.82 Å². The maximum absolute atomic E-state index is 4.58. The number of hydrogen-bond acceptors (Lipinski definition) is 5. The Morgan fingerprint density at radius 3 is 2.52 bits per heavy atom. The van der Waals surface area contributed by atoms with Gasteiger partial charge in [0, 0.05) is 52.5 Å². The lowest BCUT2D eigenvalue weighted by atomic mass is 10.2. The molecule has 2 N–H and O–H groups in total. The molecule has 29 heavy (non-hydrogen) atoms. The second-order valence-corrected chi connectivity index (χ2v) is 8.27. The number of aromatic nitrogens is 1. The Labute approximate surface area is 176 Å². The third-order valence-electron chi connectivity index (χ3n) is 5.96. The normalized spacial score (nSPS) is 19.8. The van der Waals surface area contributed by atoms with Crippen molar-refractivity contribution in [2.75, 3.05) is 71.4 Å². The smallest absolute Gasteiger partial charge is 0.191 e. The van der Waals surface area contributed by atoms with Crippen LogP contribution >= 0.6 is 0 Å². The lowest BCUT2D eigenvalue weighted by molar-refractivity contribution is 0.282. The van der Waals surface area contributed by atoms with Gasteiger partial charge in [-0.1, -0.05) is 12.8 Å². The molecule has 0 aromatic carbocycles. The molecule has 0 atom stereocenters. The number of pyridine rings is 1. The summed E-state index contributed by atoms with van der Waals surface area (Å²) < 4.78 is 0. The third kappa shape index (κ3) is 7.48. The summed E-state index contributed by atoms with van der Waals surface area (Å²) >= 11 is 0. The zero-order valence-corrected chi connectivity index (χ0v) is 18.4. The number of anilines is 1. The number of nitrogens with one attached hydrogen (secondary N) is 2. The molecule has 0 spiro atoms. The molecule has 0 radical (unpaired) electrons. The van der Waals surface area contributed by atoms with E-state index in [9.17, 15) is 0 Å². The van der Waals surface area contributed by atoms with Crippen molar-refractivity contribution < 1.29 is 0 Å². The molecular formula is C22H39N7. The van der Waals surface area contributed by atoms with E-state index in [0.717, 1.165) is 57.5 Å². The van der Waals surface area contributed by atoms with Crippen LogP contribution in [0.15, 0.2) is 23.3 Å². The number of nitrogens with zero attached hydrogens (tertiary/aromatic N) is 5. The molecule has 2 fully saturated rings. The number of rotatable bonds is 7. The van der Waals surface area contributed by atoms with Gasteiger partial charge in [-0.05, 0) is 63.6 Å². The number of likely N-dealkylation sites (tertiary alicyclic amines) is 1. The molecule has 0 amide bonds. The van der Waals surface area contributed by atoms with Crippen LogP contribution in [0, 0.1) is 0 Å². The zero-order chi connectivity index (χ0) is 20.3. The highest BCUT2D eigenvalue weighted by Crippen LogP contribution is 2.14. The Morgan fingerprint density at radius 2 is 1.79 bits per heavy atom. The molecule has 2 saturated heterocycles. The minimum atomic E-state index is 0.759. The molecule has 0 unspecified atom stereocenters. The molecule has 7 heteroatoms. The first-order chi connectivity index (χ1) is 14.2. The third-order valence-corrected chi connectivity index (χ3v) is 5.96. The summed E-state index contributed by atoms with van der Waals surface area (Å²) in [7, 11) is 4.02. The molecule has 3 rings (SSSR count). The summed E-state index contributed by atoms with van der Waals surface area (Å²) in [5.41, 5.74) is 1.24. The van der Waals surface area contributed by atoms with E-state index in [1.807, 2.05) is 13.2 Å². The van der Waals surface area contributed by atoms with E-state index < -0.39 is 0 Å². The Kier molecular flexibility index (Phi) is 9.02. The standard InChI is InChI=1S/C22H39N7/c1-23-22(25-9-7-13-28-11-5-3-4-6-12-28)26-19-20-8-10-24-21(18-20)29-16-14-27(2)15-17-29/h8,10,18H,3-7,9,11-17,19H2,1-2H3,(H2,23,25,26). The minimum absolute atomic E-state index is 0.759. The molecule has 0 saturated carbocycles. The fourth-order valence-electron chi connectivity index (χ4n) is 4.05. The minimum Gasteiger partial charge on any atom is -0.356 e. The fourth-order valence-corrected chi connectivity index (χ4v) is 4.05. The summed E-state index contributed by atoms with van der Waals surface area (Å²) in [6.07, 6.45) is 8.59. The molecule has 7 nitrogen and oxygen atoms in total. The van der Waals surface area contributed by atoms with Gasteiger partial charge in [0.15, 0.2) is 5.96 Å². The number of aliphatic imine (C=N–C) groups is 1. The molecule has 0 aliphatic carbocycles. The van der Waals surface area contributed by atoms with Gasteiger partial charge in [0.25, 0.3) is 0 Å². The molecular weight excluding hydrogens is 362 g/mol. The maximum atomic E-state index is 4.58. The van der Waals surface area contributed by atoms with E-state index in [-0.39, 0.29) is 0 Å². The van der Waals surface area contributed by atoms with Crippen LogP contribution < -0.4 is 15.5 Å². The van der Waals surface area contributed by atoms with Gasteiger partial charge in [-0.15, -0.1) is 0 Å². The first-order valence-corrected chi connectivity index (χ1v) is 11.3. The van der Waals surface area contributed by atoms with Crippen molar-refractivity contribution in [1.29, 1.82) is 0 Å². The van der Waals surface area contributed by atoms with Gasteiger partial charge in [0.2, 0.25) is 0 Å². The summed E-state index contributed by atoms with van der Waals surface area (Å²) in [4.78, 5) is 16.3. The average Bonchev–Trinajstić information content (AvgIpc) is 3.03. The Morgan fingerprint density at radius 1 is 1.03 bits per heavy atom. The van der Waals surface area contributed by atoms with E-state index >= 15 is 0 Å². The first-order valence-electron chi connectivity index (χ1n) is 11.3. The Balaban J connectivity index is 1.38. The lowest BCUT2D eigenvalue weighted by Gasteiger charge is -2.33. The SMILES string of the molecule is CN=C(NCCCN1CCCCCC1)NCc1ccnc(N2CCN(C)CC2)c1. The van der Waals surface area contributed by atoms with Crippen molar-refractivity contribution in [3.05, 3.63) is 23.9 Å². The van der Waals surface area contributed by atoms with Crippen molar-refractivity contribution in [2.45, 2.75) is 38.6 Å². The van der Waals surface area contributed by atoms with Crippen molar-refractivity contribution in [3.8, 4) is 0 Å². The average molecular weight is 402 g/mol. The summed E-state index contributed by atoms with van der Waals surface area (Å²) in [6, 6.07) is 4.28. The van der Waals surface area contributed by atoms with E-state index in [2.05, 4.69) is 54.5 Å². The summed E-state index contributed by atoms with van der Waals surface area (Å²) in [6.45, 7) is 9.71. The molecule has 2 aliphatic heterocycles.